The molecule has 4 heteroatoms. The molecule has 1 aromatic carbocycles. The number of aryl methyl sites for hydroxylation is 2. The number of aliphatic hydroxyl groups excluding tert-OH is 1. The molecule has 2 aromatic heterocycles. The Balaban J connectivity index is 2.74. The Kier molecular flexibility index (Phi) is 2.13. The fraction of sp³-hybridized carbons (Fsp3) is 0.143. The molecule has 18 heavy (non-hydrogen) atoms. The summed E-state index contributed by atoms with van der Waals surface area (Å²) in [6.07, 6.45) is 1.03. The molecule has 1 N–H and O–H groups in total. The molecule has 0 amide bonds. The van der Waals surface area contributed by atoms with E-state index in [4.69, 9.17) is 0 Å². The van der Waals surface area contributed by atoms with Gasteiger partial charge in [0.1, 0.15) is 17.3 Å². The van der Waals surface area contributed by atoms with Crippen molar-refractivity contribution in [2.75, 3.05) is 0 Å². The van der Waals surface area contributed by atoms with Gasteiger partial charge in [-0.15, -0.1) is 0 Å². The average molecular weight is 240 g/mol. The fourth-order valence-corrected chi connectivity index (χ4v) is 2.37. The third-order valence-electron chi connectivity index (χ3n) is 3.23. The van der Waals surface area contributed by atoms with Crippen molar-refractivity contribution in [3.05, 3.63) is 51.1 Å². The van der Waals surface area contributed by atoms with Crippen LogP contribution in [0.2, 0.25) is 0 Å². The monoisotopic (exact) mass is 240 g/mol. The largest absolute Gasteiger partial charge is 0.513 e. The number of fused-ring (bicyclic) bond motifs is 3. The number of pyridine rings is 1. The first kappa shape index (κ1) is 10.8. The molecular formula is C14H12N2O2. The van der Waals surface area contributed by atoms with Gasteiger partial charge >= 0.3 is 0 Å². The van der Waals surface area contributed by atoms with E-state index in [1.165, 1.54) is 0 Å². The lowest BCUT2D eigenvalue weighted by molar-refractivity contribution is 0.537. The highest BCUT2D eigenvalue weighted by Gasteiger charge is 2.09. The lowest BCUT2D eigenvalue weighted by Gasteiger charge is -2.04. The predicted molar refractivity (Wildman–Crippen MR) is 70.8 cm³/mol. The lowest BCUT2D eigenvalue weighted by Crippen LogP contribution is -2.13. The minimum Gasteiger partial charge on any atom is -0.513 e. The second kappa shape index (κ2) is 3.57. The Morgan fingerprint density at radius 1 is 1.28 bits per heavy atom. The van der Waals surface area contributed by atoms with Gasteiger partial charge in [0.2, 0.25) is 0 Å². The topological polar surface area (TPSA) is 54.6 Å². The average Bonchev–Trinajstić information content (AvgIpc) is 2.64. The molecule has 0 aliphatic rings. The van der Waals surface area contributed by atoms with Gasteiger partial charge in [-0.25, -0.2) is 4.98 Å². The van der Waals surface area contributed by atoms with Gasteiger partial charge in [-0.3, -0.25) is 9.20 Å². The molecule has 0 atom stereocenters. The van der Waals surface area contributed by atoms with Crippen molar-refractivity contribution in [1.29, 1.82) is 0 Å². The molecule has 0 radical (unpaired) electrons. The number of rotatable bonds is 0. The first-order valence-corrected chi connectivity index (χ1v) is 5.68. The minimum absolute atomic E-state index is 0.0513. The molecule has 0 saturated carbocycles. The lowest BCUT2D eigenvalue weighted by atomic mass is 10.1. The van der Waals surface area contributed by atoms with Crippen LogP contribution in [-0.2, 0) is 0 Å². The Bertz CT molecular complexity index is 878. The zero-order valence-electron chi connectivity index (χ0n) is 10.1. The van der Waals surface area contributed by atoms with Crippen LogP contribution in [0.4, 0.5) is 0 Å². The maximum Gasteiger partial charge on any atom is 0.180 e. The summed E-state index contributed by atoms with van der Waals surface area (Å²) in [5, 5.41) is 10.9. The fourth-order valence-electron chi connectivity index (χ4n) is 2.37. The van der Waals surface area contributed by atoms with Crippen LogP contribution >= 0.6 is 0 Å². The second-order valence-corrected chi connectivity index (χ2v) is 4.41. The van der Waals surface area contributed by atoms with E-state index in [1.807, 2.05) is 26.0 Å². The zero-order valence-corrected chi connectivity index (χ0v) is 10.1. The van der Waals surface area contributed by atoms with Gasteiger partial charge in [-0.2, -0.15) is 0 Å². The molecule has 3 rings (SSSR count). The number of hydrogen-bond acceptors (Lipinski definition) is 3. The standard InChI is InChI=1S/C14H12N2O2/c1-8-5-14-15-9(2)13(7-17)16(14)12-6-10(18)3-4-11(8)12/h3-7,17H,1-2H3/b13-7+. The quantitative estimate of drug-likeness (QED) is 0.647. The molecule has 3 aromatic rings. The maximum atomic E-state index is 11.5. The molecule has 0 unspecified atom stereocenters. The molecule has 0 fully saturated rings. The van der Waals surface area contributed by atoms with Crippen molar-refractivity contribution >= 4 is 22.8 Å². The van der Waals surface area contributed by atoms with E-state index < -0.39 is 0 Å². The van der Waals surface area contributed by atoms with Crippen LogP contribution < -0.4 is 10.8 Å². The van der Waals surface area contributed by atoms with Gasteiger partial charge in [0.25, 0.3) is 0 Å². The van der Waals surface area contributed by atoms with Gasteiger partial charge in [0.15, 0.2) is 5.43 Å². The Labute approximate surface area is 103 Å². The number of aliphatic hydroxyl groups is 1. The highest BCUT2D eigenvalue weighted by atomic mass is 16.2. The van der Waals surface area contributed by atoms with E-state index in [9.17, 15) is 9.90 Å². The maximum absolute atomic E-state index is 11.5. The third-order valence-corrected chi connectivity index (χ3v) is 3.23. The van der Waals surface area contributed by atoms with Crippen LogP contribution in [0, 0.1) is 13.8 Å². The number of hydrogen-bond donors (Lipinski definition) is 1. The van der Waals surface area contributed by atoms with Crippen LogP contribution in [0.1, 0.15) is 11.3 Å². The number of benzene rings is 1. The Morgan fingerprint density at radius 3 is 2.78 bits per heavy atom. The molecule has 0 spiro atoms. The molecular weight excluding hydrogens is 228 g/mol. The zero-order chi connectivity index (χ0) is 12.9. The van der Waals surface area contributed by atoms with Crippen molar-refractivity contribution in [3.8, 4) is 0 Å². The second-order valence-electron chi connectivity index (χ2n) is 4.41. The summed E-state index contributed by atoms with van der Waals surface area (Å²) in [5.41, 5.74) is 3.26. The summed E-state index contributed by atoms with van der Waals surface area (Å²) < 4.78 is 1.80. The molecule has 0 saturated heterocycles. The molecule has 90 valence electrons. The molecule has 4 nitrogen and oxygen atoms in total. The predicted octanol–water partition coefficient (Wildman–Crippen LogP) is 1.48. The van der Waals surface area contributed by atoms with Crippen molar-refractivity contribution in [2.24, 2.45) is 0 Å². The number of imidazole rings is 1. The van der Waals surface area contributed by atoms with Crippen molar-refractivity contribution in [2.45, 2.75) is 13.8 Å². The van der Waals surface area contributed by atoms with Crippen molar-refractivity contribution in [3.63, 3.8) is 0 Å². The van der Waals surface area contributed by atoms with Crippen LogP contribution in [-0.4, -0.2) is 14.5 Å². The number of aromatic nitrogens is 2. The first-order valence-electron chi connectivity index (χ1n) is 5.68. The summed E-state index contributed by atoms with van der Waals surface area (Å²) >= 11 is 0. The normalized spacial score (nSPS) is 12.7. The van der Waals surface area contributed by atoms with Gasteiger partial charge in [0.05, 0.1) is 11.2 Å². The van der Waals surface area contributed by atoms with Crippen molar-refractivity contribution < 1.29 is 5.11 Å². The summed E-state index contributed by atoms with van der Waals surface area (Å²) in [6.45, 7) is 3.82. The minimum atomic E-state index is -0.0513. The van der Waals surface area contributed by atoms with Crippen LogP contribution in [0.25, 0.3) is 22.8 Å². The summed E-state index contributed by atoms with van der Waals surface area (Å²) in [6, 6.07) is 6.88. The van der Waals surface area contributed by atoms with E-state index in [0.29, 0.717) is 5.35 Å². The van der Waals surface area contributed by atoms with Gasteiger partial charge in [-0.05, 0) is 37.6 Å². The van der Waals surface area contributed by atoms with Gasteiger partial charge in [-0.1, -0.05) is 0 Å². The Hall–Kier alpha value is -2.36. The highest BCUT2D eigenvalue weighted by molar-refractivity contribution is 5.85. The van der Waals surface area contributed by atoms with Gasteiger partial charge in [0, 0.05) is 11.5 Å². The summed E-state index contributed by atoms with van der Waals surface area (Å²) in [5.74, 6) is 0. The third kappa shape index (κ3) is 1.32. The van der Waals surface area contributed by atoms with E-state index in [-0.39, 0.29) is 5.43 Å². The SMILES string of the molecule is Cc1nc2cc(C)c3ccc(=O)cc3n2/c1=C/O. The van der Waals surface area contributed by atoms with Crippen LogP contribution in [0.15, 0.2) is 29.1 Å². The molecule has 2 heterocycles. The van der Waals surface area contributed by atoms with E-state index in [0.717, 1.165) is 34.1 Å². The van der Waals surface area contributed by atoms with E-state index in [2.05, 4.69) is 4.98 Å². The molecule has 0 aliphatic carbocycles. The van der Waals surface area contributed by atoms with E-state index in [1.54, 1.807) is 16.5 Å². The van der Waals surface area contributed by atoms with Gasteiger partial charge < -0.3 is 5.11 Å². The van der Waals surface area contributed by atoms with Crippen molar-refractivity contribution in [1.82, 2.24) is 9.38 Å². The summed E-state index contributed by atoms with van der Waals surface area (Å²) in [7, 11) is 0. The summed E-state index contributed by atoms with van der Waals surface area (Å²) in [4.78, 5) is 15.9. The van der Waals surface area contributed by atoms with E-state index >= 15 is 0 Å². The van der Waals surface area contributed by atoms with Crippen LogP contribution in [0.3, 0.4) is 0 Å². The first-order chi connectivity index (χ1) is 8.61. The number of nitrogens with zero attached hydrogens (tertiary/aromatic N) is 2. The highest BCUT2D eigenvalue weighted by Crippen LogP contribution is 2.18. The Morgan fingerprint density at radius 2 is 2.06 bits per heavy atom. The molecule has 0 aliphatic heterocycles. The smallest absolute Gasteiger partial charge is 0.180 e. The molecule has 0 bridgehead atoms. The van der Waals surface area contributed by atoms with Crippen LogP contribution in [0.5, 0.6) is 0 Å².